The summed E-state index contributed by atoms with van der Waals surface area (Å²) in [4.78, 5) is 13.7. The molecule has 0 atom stereocenters. The molecule has 0 N–H and O–H groups in total. The van der Waals surface area contributed by atoms with Crippen molar-refractivity contribution in [3.8, 4) is 0 Å². The van der Waals surface area contributed by atoms with Gasteiger partial charge in [-0.05, 0) is 6.92 Å². The van der Waals surface area contributed by atoms with Crippen LogP contribution in [0.5, 0.6) is 0 Å². The molecule has 0 spiro atoms. The number of rotatable bonds is 4. The van der Waals surface area contributed by atoms with E-state index < -0.39 is 10.0 Å². The second-order valence-corrected chi connectivity index (χ2v) is 6.93. The Labute approximate surface area is 118 Å². The number of anilines is 1. The second kappa shape index (κ2) is 5.37. The zero-order valence-corrected chi connectivity index (χ0v) is 12.4. The van der Waals surface area contributed by atoms with Crippen LogP contribution in [-0.2, 0) is 21.9 Å². The molecule has 8 heteroatoms. The molecule has 7 nitrogen and oxygen atoms in total. The van der Waals surface area contributed by atoms with Crippen molar-refractivity contribution in [3.05, 3.63) is 24.5 Å². The van der Waals surface area contributed by atoms with Crippen molar-refractivity contribution in [2.24, 2.45) is 7.05 Å². The molecule has 0 aromatic carbocycles. The number of aromatic nitrogens is 2. The smallest absolute Gasteiger partial charge is 0.242 e. The number of nitrogens with zero attached hydrogens (tertiary/aromatic N) is 4. The van der Waals surface area contributed by atoms with Crippen LogP contribution in [-0.4, -0.2) is 53.8 Å². The van der Waals surface area contributed by atoms with Crippen LogP contribution in [0.15, 0.2) is 24.5 Å². The summed E-state index contributed by atoms with van der Waals surface area (Å²) < 4.78 is 27.0. The first-order valence-electron chi connectivity index (χ1n) is 6.21. The van der Waals surface area contributed by atoms with Gasteiger partial charge in [-0.2, -0.15) is 9.40 Å². The lowest BCUT2D eigenvalue weighted by atomic mass is 10.3. The molecule has 1 saturated heterocycles. The number of hydrogen-bond acceptors (Lipinski definition) is 4. The van der Waals surface area contributed by atoms with E-state index in [4.69, 9.17) is 0 Å². The van der Waals surface area contributed by atoms with Gasteiger partial charge in [-0.25, -0.2) is 8.42 Å². The summed E-state index contributed by atoms with van der Waals surface area (Å²) in [7, 11) is -1.69. The van der Waals surface area contributed by atoms with E-state index in [0.717, 1.165) is 0 Å². The molecule has 0 radical (unpaired) electrons. The Morgan fingerprint density at radius 3 is 2.65 bits per heavy atom. The number of hydrogen-bond donors (Lipinski definition) is 0. The summed E-state index contributed by atoms with van der Waals surface area (Å²) in [6, 6.07) is 0. The number of amides is 1. The molecule has 1 aromatic heterocycles. The fourth-order valence-corrected chi connectivity index (χ4v) is 3.58. The molecule has 1 aliphatic heterocycles. The maximum absolute atomic E-state index is 12.1. The van der Waals surface area contributed by atoms with Gasteiger partial charge in [-0.3, -0.25) is 9.48 Å². The van der Waals surface area contributed by atoms with Gasteiger partial charge < -0.3 is 4.90 Å². The van der Waals surface area contributed by atoms with Crippen LogP contribution < -0.4 is 4.90 Å². The molecule has 1 aliphatic rings. The van der Waals surface area contributed by atoms with Crippen LogP contribution in [0.1, 0.15) is 6.92 Å². The molecule has 0 bridgehead atoms. The highest BCUT2D eigenvalue weighted by atomic mass is 32.2. The summed E-state index contributed by atoms with van der Waals surface area (Å²) in [5.41, 5.74) is 1.25. The van der Waals surface area contributed by atoms with Gasteiger partial charge in [0.25, 0.3) is 0 Å². The van der Waals surface area contributed by atoms with Gasteiger partial charge in [-0.15, -0.1) is 0 Å². The van der Waals surface area contributed by atoms with Gasteiger partial charge in [-0.1, -0.05) is 12.2 Å². The highest BCUT2D eigenvalue weighted by Gasteiger charge is 2.32. The topological polar surface area (TPSA) is 75.5 Å². The van der Waals surface area contributed by atoms with Gasteiger partial charge in [0.05, 0.1) is 24.2 Å². The molecular weight excluding hydrogens is 280 g/mol. The van der Waals surface area contributed by atoms with E-state index >= 15 is 0 Å². The molecule has 2 rings (SSSR count). The SMILES string of the molecule is C=C(C)CS(=O)(=O)N1CCN(c2cnn(C)c2)C(=O)C1. The lowest BCUT2D eigenvalue weighted by Crippen LogP contribution is -2.52. The van der Waals surface area contributed by atoms with E-state index in [9.17, 15) is 13.2 Å². The zero-order valence-electron chi connectivity index (χ0n) is 11.6. The minimum Gasteiger partial charge on any atom is -0.307 e. The Hall–Kier alpha value is -1.67. The maximum Gasteiger partial charge on any atom is 0.242 e. The van der Waals surface area contributed by atoms with E-state index in [-0.39, 0.29) is 24.7 Å². The molecule has 0 aliphatic carbocycles. The standard InChI is InChI=1S/C12H18N4O3S/c1-10(2)9-20(18,19)15-4-5-16(12(17)8-15)11-6-13-14(3)7-11/h6-7H,1,4-5,8-9H2,2-3H3. The van der Waals surface area contributed by atoms with Gasteiger partial charge >= 0.3 is 0 Å². The van der Waals surface area contributed by atoms with Gasteiger partial charge in [0, 0.05) is 26.3 Å². The van der Waals surface area contributed by atoms with Crippen LogP contribution >= 0.6 is 0 Å². The minimum absolute atomic E-state index is 0.118. The maximum atomic E-state index is 12.1. The van der Waals surface area contributed by atoms with Crippen molar-refractivity contribution in [1.29, 1.82) is 0 Å². The average molecular weight is 298 g/mol. The quantitative estimate of drug-likeness (QED) is 0.732. The molecule has 1 amide bonds. The number of carbonyl (C=O) groups is 1. The third kappa shape index (κ3) is 3.07. The Morgan fingerprint density at radius 1 is 1.45 bits per heavy atom. The third-order valence-electron chi connectivity index (χ3n) is 3.01. The Balaban J connectivity index is 2.10. The van der Waals surface area contributed by atoms with E-state index in [0.29, 0.717) is 17.8 Å². The molecule has 0 unspecified atom stereocenters. The van der Waals surface area contributed by atoms with Crippen molar-refractivity contribution in [1.82, 2.24) is 14.1 Å². The Morgan fingerprint density at radius 2 is 2.15 bits per heavy atom. The van der Waals surface area contributed by atoms with E-state index in [2.05, 4.69) is 11.7 Å². The van der Waals surface area contributed by atoms with Gasteiger partial charge in [0.2, 0.25) is 15.9 Å². The summed E-state index contributed by atoms with van der Waals surface area (Å²) in [6.07, 6.45) is 3.33. The zero-order chi connectivity index (χ0) is 14.9. The van der Waals surface area contributed by atoms with Crippen molar-refractivity contribution in [3.63, 3.8) is 0 Å². The minimum atomic E-state index is -3.45. The Kier molecular flexibility index (Phi) is 3.96. The first kappa shape index (κ1) is 14.7. The van der Waals surface area contributed by atoms with Crippen LogP contribution in [0, 0.1) is 0 Å². The number of piperazine rings is 1. The fourth-order valence-electron chi connectivity index (χ4n) is 2.11. The summed E-state index contributed by atoms with van der Waals surface area (Å²) in [5, 5.41) is 4.01. The van der Waals surface area contributed by atoms with Gasteiger partial charge in [0.15, 0.2) is 0 Å². The molecule has 1 aromatic rings. The second-order valence-electron chi connectivity index (χ2n) is 4.96. The molecule has 2 heterocycles. The van der Waals surface area contributed by atoms with Gasteiger partial charge in [0.1, 0.15) is 0 Å². The summed E-state index contributed by atoms with van der Waals surface area (Å²) >= 11 is 0. The van der Waals surface area contributed by atoms with E-state index in [1.807, 2.05) is 0 Å². The predicted octanol–water partition coefficient (Wildman–Crippen LogP) is -0.0254. The highest BCUT2D eigenvalue weighted by Crippen LogP contribution is 2.18. The average Bonchev–Trinajstić information content (AvgIpc) is 2.73. The molecule has 20 heavy (non-hydrogen) atoms. The van der Waals surface area contributed by atoms with Crippen LogP contribution in [0.2, 0.25) is 0 Å². The van der Waals surface area contributed by atoms with E-state index in [1.165, 1.54) is 4.31 Å². The first-order valence-corrected chi connectivity index (χ1v) is 7.82. The lowest BCUT2D eigenvalue weighted by molar-refractivity contribution is -0.119. The van der Waals surface area contributed by atoms with Crippen LogP contribution in [0.25, 0.3) is 0 Å². The van der Waals surface area contributed by atoms with Crippen molar-refractivity contribution in [2.45, 2.75) is 6.92 Å². The lowest BCUT2D eigenvalue weighted by Gasteiger charge is -2.32. The van der Waals surface area contributed by atoms with Crippen molar-refractivity contribution < 1.29 is 13.2 Å². The fraction of sp³-hybridized carbons (Fsp3) is 0.500. The van der Waals surface area contributed by atoms with Crippen LogP contribution in [0.4, 0.5) is 5.69 Å². The molecular formula is C12H18N4O3S. The number of sulfonamides is 1. The predicted molar refractivity (Wildman–Crippen MR) is 75.7 cm³/mol. The summed E-state index contributed by atoms with van der Waals surface area (Å²) in [6.45, 7) is 5.75. The van der Waals surface area contributed by atoms with E-state index in [1.54, 1.807) is 35.9 Å². The monoisotopic (exact) mass is 298 g/mol. The molecule has 0 saturated carbocycles. The largest absolute Gasteiger partial charge is 0.307 e. The number of aryl methyl sites for hydroxylation is 1. The molecule has 1 fully saturated rings. The third-order valence-corrected chi connectivity index (χ3v) is 4.97. The highest BCUT2D eigenvalue weighted by molar-refractivity contribution is 7.89. The first-order chi connectivity index (χ1) is 9.29. The van der Waals surface area contributed by atoms with Crippen molar-refractivity contribution in [2.75, 3.05) is 30.3 Å². The Bertz CT molecular complexity index is 635. The summed E-state index contributed by atoms with van der Waals surface area (Å²) in [5.74, 6) is -0.359. The molecule has 110 valence electrons. The normalized spacial score (nSPS) is 17.5. The van der Waals surface area contributed by atoms with Crippen LogP contribution in [0.3, 0.4) is 0 Å². The number of carbonyl (C=O) groups excluding carboxylic acids is 1. The van der Waals surface area contributed by atoms with Crippen molar-refractivity contribution >= 4 is 21.6 Å².